The van der Waals surface area contributed by atoms with E-state index in [1.165, 1.54) is 18.3 Å². The third-order valence-electron chi connectivity index (χ3n) is 5.64. The van der Waals surface area contributed by atoms with Crippen molar-refractivity contribution in [3.63, 3.8) is 0 Å². The number of nitrogens with two attached hydrogens (primary N) is 1. The van der Waals surface area contributed by atoms with Crippen LogP contribution in [-0.4, -0.2) is 27.5 Å². The van der Waals surface area contributed by atoms with Crippen LogP contribution in [0, 0.1) is 23.0 Å². The van der Waals surface area contributed by atoms with Crippen LogP contribution in [0.3, 0.4) is 0 Å². The third kappa shape index (κ3) is 5.08. The van der Waals surface area contributed by atoms with Gasteiger partial charge in [0.15, 0.2) is 0 Å². The summed E-state index contributed by atoms with van der Waals surface area (Å²) in [4.78, 5) is 34.8. The normalized spacial score (nSPS) is 13.7. The number of aromatic nitrogens is 3. The van der Waals surface area contributed by atoms with Crippen LogP contribution in [0.15, 0.2) is 41.3 Å². The summed E-state index contributed by atoms with van der Waals surface area (Å²) < 4.78 is 35.6. The molecular formula is C24H24F2N4O3. The van der Waals surface area contributed by atoms with Crippen molar-refractivity contribution in [3.8, 4) is 28.5 Å². The van der Waals surface area contributed by atoms with Crippen LogP contribution in [0.25, 0.3) is 22.6 Å². The molecule has 9 heteroatoms. The SMILES string of the molecule is CC(C)(Cc1ccc(F)c(-c2nc(-c3ccc(OCC4CC4)nc3)cc(=O)[nH]2)c1F)C(N)=O. The lowest BCUT2D eigenvalue weighted by atomic mass is 9.84. The molecule has 0 bridgehead atoms. The van der Waals surface area contributed by atoms with Crippen molar-refractivity contribution in [3.05, 3.63) is 64.1 Å². The highest BCUT2D eigenvalue weighted by atomic mass is 19.1. The zero-order valence-electron chi connectivity index (χ0n) is 18.3. The number of nitrogens with one attached hydrogen (secondary N) is 1. The quantitative estimate of drug-likeness (QED) is 0.540. The summed E-state index contributed by atoms with van der Waals surface area (Å²) in [6.45, 7) is 3.76. The number of hydrogen-bond donors (Lipinski definition) is 2. The number of carbonyl (C=O) groups excluding carboxylic acids is 1. The van der Waals surface area contributed by atoms with Crippen LogP contribution in [0.1, 0.15) is 32.3 Å². The van der Waals surface area contributed by atoms with E-state index in [1.807, 2.05) is 0 Å². The molecule has 1 aliphatic carbocycles. The van der Waals surface area contributed by atoms with Crippen LogP contribution < -0.4 is 16.0 Å². The second-order valence-corrected chi connectivity index (χ2v) is 8.94. The molecule has 3 N–H and O–H groups in total. The van der Waals surface area contributed by atoms with Crippen molar-refractivity contribution >= 4 is 5.91 Å². The van der Waals surface area contributed by atoms with E-state index in [9.17, 15) is 14.0 Å². The van der Waals surface area contributed by atoms with Crippen LogP contribution in [0.2, 0.25) is 0 Å². The van der Waals surface area contributed by atoms with Crippen LogP contribution >= 0.6 is 0 Å². The summed E-state index contributed by atoms with van der Waals surface area (Å²) >= 11 is 0. The average molecular weight is 454 g/mol. The highest BCUT2D eigenvalue weighted by Crippen LogP contribution is 2.31. The summed E-state index contributed by atoms with van der Waals surface area (Å²) in [5.41, 5.74) is 4.06. The Kier molecular flexibility index (Phi) is 5.97. The average Bonchev–Trinajstić information content (AvgIpc) is 3.59. The first-order valence-corrected chi connectivity index (χ1v) is 10.6. The minimum atomic E-state index is -1.05. The maximum absolute atomic E-state index is 15.3. The summed E-state index contributed by atoms with van der Waals surface area (Å²) in [6, 6.07) is 6.89. The van der Waals surface area contributed by atoms with E-state index in [1.54, 1.807) is 26.0 Å². The number of primary amides is 1. The van der Waals surface area contributed by atoms with E-state index in [0.717, 1.165) is 18.9 Å². The van der Waals surface area contributed by atoms with Crippen molar-refractivity contribution in [1.82, 2.24) is 15.0 Å². The summed E-state index contributed by atoms with van der Waals surface area (Å²) in [5.74, 6) is -1.64. The van der Waals surface area contributed by atoms with Gasteiger partial charge in [0.2, 0.25) is 11.8 Å². The second kappa shape index (κ2) is 8.73. The van der Waals surface area contributed by atoms with Gasteiger partial charge in [0.1, 0.15) is 17.5 Å². The summed E-state index contributed by atoms with van der Waals surface area (Å²) in [6.07, 6.45) is 3.77. The van der Waals surface area contributed by atoms with Crippen LogP contribution in [-0.2, 0) is 11.2 Å². The zero-order chi connectivity index (χ0) is 23.8. The number of benzene rings is 1. The molecule has 3 aromatic rings. The van der Waals surface area contributed by atoms with Gasteiger partial charge in [-0.3, -0.25) is 9.59 Å². The number of halogens is 2. The maximum Gasteiger partial charge on any atom is 0.251 e. The van der Waals surface area contributed by atoms with E-state index in [0.29, 0.717) is 24.0 Å². The molecule has 2 aromatic heterocycles. The number of H-pyrrole nitrogens is 1. The molecule has 0 atom stereocenters. The number of pyridine rings is 1. The Balaban J connectivity index is 1.68. The molecule has 1 fully saturated rings. The highest BCUT2D eigenvalue weighted by molar-refractivity contribution is 5.80. The number of ether oxygens (including phenoxy) is 1. The van der Waals surface area contributed by atoms with E-state index in [2.05, 4.69) is 15.0 Å². The number of rotatable bonds is 8. The molecule has 0 spiro atoms. The molecule has 0 aliphatic heterocycles. The predicted molar refractivity (Wildman–Crippen MR) is 118 cm³/mol. The largest absolute Gasteiger partial charge is 0.477 e. The monoisotopic (exact) mass is 454 g/mol. The maximum atomic E-state index is 15.3. The number of nitrogens with zero attached hydrogens (tertiary/aromatic N) is 2. The fraction of sp³-hybridized carbons (Fsp3) is 0.333. The van der Waals surface area contributed by atoms with Gasteiger partial charge in [0, 0.05) is 29.3 Å². The Bertz CT molecular complexity index is 1250. The lowest BCUT2D eigenvalue weighted by Crippen LogP contribution is -2.33. The second-order valence-electron chi connectivity index (χ2n) is 8.94. The minimum absolute atomic E-state index is 0.0440. The molecule has 1 aromatic carbocycles. The van der Waals surface area contributed by atoms with Crippen molar-refractivity contribution in [2.45, 2.75) is 33.1 Å². The molecule has 7 nitrogen and oxygen atoms in total. The first-order valence-electron chi connectivity index (χ1n) is 10.6. The number of amides is 1. The Hall–Kier alpha value is -3.62. The topological polar surface area (TPSA) is 111 Å². The van der Waals surface area contributed by atoms with Gasteiger partial charge in [-0.25, -0.2) is 18.7 Å². The molecule has 172 valence electrons. The summed E-state index contributed by atoms with van der Waals surface area (Å²) in [7, 11) is 0. The molecule has 2 heterocycles. The molecule has 0 saturated heterocycles. The Morgan fingerprint density at radius 2 is 2.00 bits per heavy atom. The molecule has 33 heavy (non-hydrogen) atoms. The van der Waals surface area contributed by atoms with Crippen molar-refractivity contribution < 1.29 is 18.3 Å². The van der Waals surface area contributed by atoms with Crippen molar-refractivity contribution in [2.24, 2.45) is 17.1 Å². The van der Waals surface area contributed by atoms with Crippen molar-refractivity contribution in [1.29, 1.82) is 0 Å². The number of aromatic amines is 1. The fourth-order valence-corrected chi connectivity index (χ4v) is 3.34. The predicted octanol–water partition coefficient (Wildman–Crippen LogP) is 3.62. The van der Waals surface area contributed by atoms with E-state index >= 15 is 4.39 Å². The standard InChI is InChI=1S/C24H24F2N4O3/c1-24(2,23(27)32)10-14-5-7-16(25)20(21(14)26)22-29-17(9-18(31)30-22)15-6-8-19(28-11-15)33-12-13-3-4-13/h5-9,11,13H,3-4,10,12H2,1-2H3,(H2,27,32)(H,29,30,31). The van der Waals surface area contributed by atoms with Gasteiger partial charge in [0.05, 0.1) is 17.9 Å². The van der Waals surface area contributed by atoms with Crippen LogP contribution in [0.5, 0.6) is 5.88 Å². The number of carbonyl (C=O) groups is 1. The number of hydrogen-bond acceptors (Lipinski definition) is 5. The van der Waals surface area contributed by atoms with E-state index in [4.69, 9.17) is 10.5 Å². The molecular weight excluding hydrogens is 430 g/mol. The Morgan fingerprint density at radius 1 is 1.24 bits per heavy atom. The first kappa shape index (κ1) is 22.6. The Morgan fingerprint density at radius 3 is 2.64 bits per heavy atom. The zero-order valence-corrected chi connectivity index (χ0v) is 18.3. The smallest absolute Gasteiger partial charge is 0.251 e. The molecule has 1 saturated carbocycles. The lowest BCUT2D eigenvalue weighted by Gasteiger charge is -2.21. The first-order chi connectivity index (χ1) is 15.6. The molecule has 4 rings (SSSR count). The van der Waals surface area contributed by atoms with Crippen molar-refractivity contribution in [2.75, 3.05) is 6.61 Å². The van der Waals surface area contributed by atoms with Gasteiger partial charge in [-0.15, -0.1) is 0 Å². The Labute approximate surface area is 189 Å². The van der Waals surface area contributed by atoms with Gasteiger partial charge in [-0.2, -0.15) is 0 Å². The molecule has 0 radical (unpaired) electrons. The molecule has 1 aliphatic rings. The summed E-state index contributed by atoms with van der Waals surface area (Å²) in [5, 5.41) is 0. The van der Waals surface area contributed by atoms with Gasteiger partial charge in [-0.05, 0) is 42.9 Å². The van der Waals surface area contributed by atoms with Gasteiger partial charge < -0.3 is 15.5 Å². The van der Waals surface area contributed by atoms with Gasteiger partial charge >= 0.3 is 0 Å². The van der Waals surface area contributed by atoms with E-state index in [-0.39, 0.29) is 23.5 Å². The third-order valence-corrected chi connectivity index (χ3v) is 5.64. The van der Waals surface area contributed by atoms with Gasteiger partial charge in [0.25, 0.3) is 5.56 Å². The molecule has 1 amide bonds. The van der Waals surface area contributed by atoms with Gasteiger partial charge in [-0.1, -0.05) is 19.9 Å². The van der Waals surface area contributed by atoms with E-state index < -0.39 is 34.1 Å². The van der Waals surface area contributed by atoms with Crippen LogP contribution in [0.4, 0.5) is 8.78 Å². The minimum Gasteiger partial charge on any atom is -0.477 e. The lowest BCUT2D eigenvalue weighted by molar-refractivity contribution is -0.125. The molecule has 0 unspecified atom stereocenters. The highest BCUT2D eigenvalue weighted by Gasteiger charge is 2.28. The fourth-order valence-electron chi connectivity index (χ4n) is 3.34.